The van der Waals surface area contributed by atoms with Crippen LogP contribution in [-0.2, 0) is 14.9 Å². The first-order valence-electron chi connectivity index (χ1n) is 4.20. The second kappa shape index (κ2) is 4.77. The molecule has 1 aromatic carbocycles. The summed E-state index contributed by atoms with van der Waals surface area (Å²) < 4.78 is 30.1. The SMILES string of the molecule is NC=CC(=O)Nc1ccc(S(=O)(=O)O)cc1. The highest BCUT2D eigenvalue weighted by atomic mass is 32.2. The lowest BCUT2D eigenvalue weighted by Crippen LogP contribution is -2.08. The molecule has 6 nitrogen and oxygen atoms in total. The number of rotatable bonds is 3. The van der Waals surface area contributed by atoms with E-state index >= 15 is 0 Å². The lowest BCUT2D eigenvalue weighted by Gasteiger charge is -2.02. The third-order valence-corrected chi connectivity index (χ3v) is 2.54. The quantitative estimate of drug-likeness (QED) is 0.523. The zero-order valence-corrected chi connectivity index (χ0v) is 8.94. The second-order valence-corrected chi connectivity index (χ2v) is 4.27. The van der Waals surface area contributed by atoms with Crippen molar-refractivity contribution in [1.29, 1.82) is 0 Å². The van der Waals surface area contributed by atoms with Gasteiger partial charge in [-0.1, -0.05) is 0 Å². The third-order valence-electron chi connectivity index (χ3n) is 1.67. The number of amides is 1. The van der Waals surface area contributed by atoms with Gasteiger partial charge in [-0.2, -0.15) is 8.42 Å². The number of hydrogen-bond donors (Lipinski definition) is 3. The van der Waals surface area contributed by atoms with E-state index in [1.165, 1.54) is 24.3 Å². The highest BCUT2D eigenvalue weighted by molar-refractivity contribution is 7.85. The number of nitrogens with two attached hydrogens (primary N) is 1. The molecular weight excluding hydrogens is 232 g/mol. The fourth-order valence-corrected chi connectivity index (χ4v) is 1.46. The van der Waals surface area contributed by atoms with Crippen LogP contribution in [0.25, 0.3) is 0 Å². The van der Waals surface area contributed by atoms with E-state index in [0.29, 0.717) is 5.69 Å². The number of carbonyl (C=O) groups is 1. The standard InChI is InChI=1S/C9H10N2O4S/c10-6-5-9(12)11-7-1-3-8(4-2-7)16(13,14)15/h1-6H,10H2,(H,11,12)(H,13,14,15). The average Bonchev–Trinajstić information content (AvgIpc) is 2.17. The van der Waals surface area contributed by atoms with Crippen LogP contribution in [0, 0.1) is 0 Å². The fourth-order valence-electron chi connectivity index (χ4n) is 0.982. The molecule has 86 valence electrons. The molecule has 4 N–H and O–H groups in total. The van der Waals surface area contributed by atoms with Gasteiger partial charge in [-0.25, -0.2) is 0 Å². The molecule has 1 rings (SSSR count). The summed E-state index contributed by atoms with van der Waals surface area (Å²) in [5.74, 6) is -0.429. The van der Waals surface area contributed by atoms with E-state index in [9.17, 15) is 13.2 Å². The molecule has 0 fully saturated rings. The molecular formula is C9H10N2O4S. The van der Waals surface area contributed by atoms with Gasteiger partial charge < -0.3 is 11.1 Å². The van der Waals surface area contributed by atoms with Crippen LogP contribution in [0.1, 0.15) is 0 Å². The second-order valence-electron chi connectivity index (χ2n) is 2.85. The largest absolute Gasteiger partial charge is 0.404 e. The topological polar surface area (TPSA) is 109 Å². The van der Waals surface area contributed by atoms with Gasteiger partial charge in [-0.3, -0.25) is 9.35 Å². The van der Waals surface area contributed by atoms with Crippen LogP contribution in [0.5, 0.6) is 0 Å². The average molecular weight is 242 g/mol. The van der Waals surface area contributed by atoms with E-state index in [2.05, 4.69) is 5.32 Å². The van der Waals surface area contributed by atoms with E-state index in [1.54, 1.807) is 0 Å². The Kier molecular flexibility index (Phi) is 3.64. The Bertz CT molecular complexity index is 505. The zero-order chi connectivity index (χ0) is 12.2. The lowest BCUT2D eigenvalue weighted by molar-refractivity contribution is -0.111. The van der Waals surface area contributed by atoms with E-state index in [0.717, 1.165) is 12.3 Å². The molecule has 0 aliphatic rings. The molecule has 0 saturated heterocycles. The number of benzene rings is 1. The Hall–Kier alpha value is -1.86. The Morgan fingerprint density at radius 3 is 2.31 bits per heavy atom. The highest BCUT2D eigenvalue weighted by Gasteiger charge is 2.08. The van der Waals surface area contributed by atoms with E-state index in [4.69, 9.17) is 10.3 Å². The minimum atomic E-state index is -4.20. The molecule has 7 heteroatoms. The monoisotopic (exact) mass is 242 g/mol. The molecule has 0 aromatic heterocycles. The summed E-state index contributed by atoms with van der Waals surface area (Å²) in [5, 5.41) is 2.44. The van der Waals surface area contributed by atoms with Crippen LogP contribution in [0.3, 0.4) is 0 Å². The van der Waals surface area contributed by atoms with Gasteiger partial charge in [0.25, 0.3) is 10.1 Å². The molecule has 0 heterocycles. The molecule has 1 aromatic rings. The van der Waals surface area contributed by atoms with Gasteiger partial charge in [0, 0.05) is 11.8 Å². The third kappa shape index (κ3) is 3.37. The maximum atomic E-state index is 11.0. The maximum Gasteiger partial charge on any atom is 0.294 e. The van der Waals surface area contributed by atoms with Gasteiger partial charge in [0.15, 0.2) is 0 Å². The van der Waals surface area contributed by atoms with Gasteiger partial charge in [0.1, 0.15) is 0 Å². The van der Waals surface area contributed by atoms with Crippen LogP contribution in [-0.4, -0.2) is 18.9 Å². The Morgan fingerprint density at radius 2 is 1.88 bits per heavy atom. The first-order chi connectivity index (χ1) is 7.43. The summed E-state index contributed by atoms with van der Waals surface area (Å²) in [4.78, 5) is 10.8. The zero-order valence-electron chi connectivity index (χ0n) is 8.12. The van der Waals surface area contributed by atoms with Crippen molar-refractivity contribution < 1.29 is 17.8 Å². The van der Waals surface area contributed by atoms with Crippen LogP contribution in [0.2, 0.25) is 0 Å². The molecule has 0 unspecified atom stereocenters. The molecule has 0 aliphatic heterocycles. The molecule has 0 bridgehead atoms. The Balaban J connectivity index is 2.84. The first-order valence-corrected chi connectivity index (χ1v) is 5.64. The molecule has 1 amide bonds. The number of anilines is 1. The van der Waals surface area contributed by atoms with Crippen molar-refractivity contribution in [3.63, 3.8) is 0 Å². The molecule has 0 radical (unpaired) electrons. The van der Waals surface area contributed by atoms with Gasteiger partial charge in [0.05, 0.1) is 4.90 Å². The van der Waals surface area contributed by atoms with Gasteiger partial charge in [-0.15, -0.1) is 0 Å². The van der Waals surface area contributed by atoms with Crippen molar-refractivity contribution >= 4 is 21.7 Å². The predicted octanol–water partition coefficient (Wildman–Crippen LogP) is 0.344. The summed E-state index contributed by atoms with van der Waals surface area (Å²) in [5.41, 5.74) is 5.41. The predicted molar refractivity (Wildman–Crippen MR) is 58.2 cm³/mol. The first kappa shape index (κ1) is 12.2. The fraction of sp³-hybridized carbons (Fsp3) is 0. The van der Waals surface area contributed by atoms with Crippen molar-refractivity contribution in [2.45, 2.75) is 4.90 Å². The number of carbonyl (C=O) groups excluding carboxylic acids is 1. The molecule has 0 aliphatic carbocycles. The Labute approximate surface area is 92.5 Å². The lowest BCUT2D eigenvalue weighted by atomic mass is 10.3. The van der Waals surface area contributed by atoms with Gasteiger partial charge >= 0.3 is 0 Å². The summed E-state index contributed by atoms with van der Waals surface area (Å²) in [7, 11) is -4.20. The number of nitrogens with one attached hydrogen (secondary N) is 1. The van der Waals surface area contributed by atoms with Gasteiger partial charge in [-0.05, 0) is 30.5 Å². The highest BCUT2D eigenvalue weighted by Crippen LogP contribution is 2.13. The minimum Gasteiger partial charge on any atom is -0.404 e. The van der Waals surface area contributed by atoms with E-state index in [1.807, 2.05) is 0 Å². The summed E-state index contributed by atoms with van der Waals surface area (Å²) >= 11 is 0. The maximum absolute atomic E-state index is 11.0. The normalized spacial score (nSPS) is 11.6. The molecule has 0 saturated carbocycles. The van der Waals surface area contributed by atoms with E-state index < -0.39 is 16.0 Å². The van der Waals surface area contributed by atoms with Crippen molar-refractivity contribution in [3.05, 3.63) is 36.5 Å². The van der Waals surface area contributed by atoms with Gasteiger partial charge in [0.2, 0.25) is 5.91 Å². The minimum absolute atomic E-state index is 0.236. The van der Waals surface area contributed by atoms with E-state index in [-0.39, 0.29) is 4.90 Å². The van der Waals surface area contributed by atoms with Crippen LogP contribution >= 0.6 is 0 Å². The molecule has 0 spiro atoms. The summed E-state index contributed by atoms with van der Waals surface area (Å²) in [6.07, 6.45) is 2.21. The molecule has 16 heavy (non-hydrogen) atoms. The van der Waals surface area contributed by atoms with Crippen molar-refractivity contribution in [3.8, 4) is 0 Å². The van der Waals surface area contributed by atoms with Crippen LogP contribution in [0.4, 0.5) is 5.69 Å². The smallest absolute Gasteiger partial charge is 0.294 e. The van der Waals surface area contributed by atoms with Crippen LogP contribution in [0.15, 0.2) is 41.4 Å². The summed E-state index contributed by atoms with van der Waals surface area (Å²) in [6.45, 7) is 0. The van der Waals surface area contributed by atoms with Crippen molar-refractivity contribution in [1.82, 2.24) is 0 Å². The van der Waals surface area contributed by atoms with Crippen molar-refractivity contribution in [2.24, 2.45) is 5.73 Å². The van der Waals surface area contributed by atoms with Crippen LogP contribution < -0.4 is 11.1 Å². The van der Waals surface area contributed by atoms with Crippen molar-refractivity contribution in [2.75, 3.05) is 5.32 Å². The summed E-state index contributed by atoms with van der Waals surface area (Å²) in [6, 6.07) is 5.06. The number of hydrogen-bond acceptors (Lipinski definition) is 4. The molecule has 0 atom stereocenters. The Morgan fingerprint density at radius 1 is 1.31 bits per heavy atom.